The summed E-state index contributed by atoms with van der Waals surface area (Å²) in [5, 5.41) is 1.28. The summed E-state index contributed by atoms with van der Waals surface area (Å²) < 4.78 is 0. The zero-order chi connectivity index (χ0) is 10.3. The van der Waals surface area contributed by atoms with Crippen molar-refractivity contribution < 1.29 is 0 Å². The topological polar surface area (TPSA) is 25.2 Å². The summed E-state index contributed by atoms with van der Waals surface area (Å²) in [6, 6.07) is 8.38. The molecule has 0 N–H and O–H groups in total. The van der Waals surface area contributed by atoms with Gasteiger partial charge in [0.15, 0.2) is 0 Å². The van der Waals surface area contributed by atoms with E-state index in [1.54, 1.807) is 0 Å². The fourth-order valence-electron chi connectivity index (χ4n) is 2.24. The third kappa shape index (κ3) is 1.25. The van der Waals surface area contributed by atoms with Crippen LogP contribution in [0.5, 0.6) is 0 Å². The monoisotopic (exact) mass is 196 g/mol. The number of rotatable bonds is 0. The number of aromatic nitrogens is 1. The molecule has 0 amide bonds. The normalized spacial score (nSPS) is 14.9. The van der Waals surface area contributed by atoms with E-state index < -0.39 is 0 Å². The van der Waals surface area contributed by atoms with E-state index >= 15 is 0 Å². The molecular formula is C13H12N2. The van der Waals surface area contributed by atoms with Gasteiger partial charge in [-0.3, -0.25) is 9.98 Å². The Kier molecular flexibility index (Phi) is 1.81. The van der Waals surface area contributed by atoms with Gasteiger partial charge in [-0.25, -0.2) is 0 Å². The molecule has 0 atom stereocenters. The highest BCUT2D eigenvalue weighted by Gasteiger charge is 2.13. The van der Waals surface area contributed by atoms with Crippen LogP contribution in [0.25, 0.3) is 10.9 Å². The van der Waals surface area contributed by atoms with E-state index in [1.165, 1.54) is 16.5 Å². The summed E-state index contributed by atoms with van der Waals surface area (Å²) in [6.45, 7) is 2.99. The van der Waals surface area contributed by atoms with E-state index in [9.17, 15) is 0 Å². The van der Waals surface area contributed by atoms with Gasteiger partial charge in [0.2, 0.25) is 0 Å². The van der Waals surface area contributed by atoms with Crippen molar-refractivity contribution in [2.24, 2.45) is 4.99 Å². The maximum Gasteiger partial charge on any atom is 0.0705 e. The molecule has 0 saturated heterocycles. The van der Waals surface area contributed by atoms with Crippen LogP contribution >= 0.6 is 0 Å². The summed E-state index contributed by atoms with van der Waals surface area (Å²) in [7, 11) is 0. The Morgan fingerprint density at radius 3 is 3.07 bits per heavy atom. The molecule has 0 saturated carbocycles. The minimum absolute atomic E-state index is 0.910. The van der Waals surface area contributed by atoms with Crippen LogP contribution in [0.15, 0.2) is 35.5 Å². The van der Waals surface area contributed by atoms with Crippen molar-refractivity contribution in [3.8, 4) is 0 Å². The average Bonchev–Trinajstić information content (AvgIpc) is 2.29. The van der Waals surface area contributed by atoms with Crippen LogP contribution in [-0.2, 0) is 6.42 Å². The van der Waals surface area contributed by atoms with Gasteiger partial charge in [-0.1, -0.05) is 12.1 Å². The molecule has 15 heavy (non-hydrogen) atoms. The minimum Gasteiger partial charge on any atom is -0.289 e. The predicted molar refractivity (Wildman–Crippen MR) is 62.5 cm³/mol. The molecule has 0 bridgehead atoms. The lowest BCUT2D eigenvalue weighted by atomic mass is 9.94. The number of nitrogens with zero attached hydrogens (tertiary/aromatic N) is 2. The van der Waals surface area contributed by atoms with Crippen molar-refractivity contribution >= 4 is 16.6 Å². The molecule has 0 radical (unpaired) electrons. The molecule has 1 aliphatic heterocycles. The maximum atomic E-state index is 4.47. The van der Waals surface area contributed by atoms with Gasteiger partial charge >= 0.3 is 0 Å². The first-order valence-electron chi connectivity index (χ1n) is 5.24. The van der Waals surface area contributed by atoms with Gasteiger partial charge in [0.1, 0.15) is 0 Å². The van der Waals surface area contributed by atoms with E-state index in [2.05, 4.69) is 35.1 Å². The van der Waals surface area contributed by atoms with Gasteiger partial charge in [0.25, 0.3) is 0 Å². The second kappa shape index (κ2) is 3.16. The molecule has 0 fully saturated rings. The first-order chi connectivity index (χ1) is 7.36. The van der Waals surface area contributed by atoms with Crippen LogP contribution in [0.1, 0.15) is 18.1 Å². The fraction of sp³-hybridized carbons (Fsp3) is 0.231. The molecular weight excluding hydrogens is 184 g/mol. The van der Waals surface area contributed by atoms with E-state index in [1.807, 2.05) is 12.3 Å². The Morgan fingerprint density at radius 1 is 1.20 bits per heavy atom. The second-order valence-corrected chi connectivity index (χ2v) is 3.88. The molecule has 1 aromatic heterocycles. The fourth-order valence-corrected chi connectivity index (χ4v) is 2.24. The Bertz CT molecular complexity index is 555. The largest absolute Gasteiger partial charge is 0.289 e. The highest BCUT2D eigenvalue weighted by Crippen LogP contribution is 2.24. The Labute approximate surface area is 88.7 Å². The summed E-state index contributed by atoms with van der Waals surface area (Å²) >= 11 is 0. The third-order valence-corrected chi connectivity index (χ3v) is 3.00. The van der Waals surface area contributed by atoms with Crippen molar-refractivity contribution in [1.29, 1.82) is 0 Å². The van der Waals surface area contributed by atoms with E-state index in [4.69, 9.17) is 0 Å². The lowest BCUT2D eigenvalue weighted by Gasteiger charge is -2.16. The van der Waals surface area contributed by atoms with Gasteiger partial charge in [-0.2, -0.15) is 0 Å². The predicted octanol–water partition coefficient (Wildman–Crippen LogP) is 2.60. The minimum atomic E-state index is 0.910. The number of aliphatic imine (C=N–C) groups is 1. The zero-order valence-electron chi connectivity index (χ0n) is 8.70. The molecule has 2 nitrogen and oxygen atoms in total. The third-order valence-electron chi connectivity index (χ3n) is 3.00. The number of benzene rings is 1. The number of fused-ring (bicyclic) bond motifs is 3. The highest BCUT2D eigenvalue weighted by molar-refractivity contribution is 6.04. The smallest absolute Gasteiger partial charge is 0.0705 e. The lowest BCUT2D eigenvalue weighted by molar-refractivity contribution is 0.950. The first-order valence-corrected chi connectivity index (χ1v) is 5.24. The van der Waals surface area contributed by atoms with Gasteiger partial charge in [0, 0.05) is 23.8 Å². The summed E-state index contributed by atoms with van der Waals surface area (Å²) in [5.41, 5.74) is 4.95. The Balaban J connectivity index is 2.39. The number of hydrogen-bond acceptors (Lipinski definition) is 2. The first kappa shape index (κ1) is 8.60. The standard InChI is InChI=1S/C13H12N2/c1-9-10-4-5-13-12(3-2-7-15-13)11(10)6-8-14-9/h2-5,7H,6,8H2,1H3. The summed E-state index contributed by atoms with van der Waals surface area (Å²) in [6.07, 6.45) is 2.88. The van der Waals surface area contributed by atoms with Crippen LogP contribution in [0, 0.1) is 0 Å². The van der Waals surface area contributed by atoms with Gasteiger partial charge in [-0.15, -0.1) is 0 Å². The highest BCUT2D eigenvalue weighted by atomic mass is 14.7. The van der Waals surface area contributed by atoms with Crippen molar-refractivity contribution in [2.45, 2.75) is 13.3 Å². The maximum absolute atomic E-state index is 4.47. The molecule has 2 heterocycles. The molecule has 1 aromatic carbocycles. The quantitative estimate of drug-likeness (QED) is 0.635. The van der Waals surface area contributed by atoms with Gasteiger partial charge in [0.05, 0.1) is 5.52 Å². The van der Waals surface area contributed by atoms with Crippen molar-refractivity contribution in [2.75, 3.05) is 6.54 Å². The lowest BCUT2D eigenvalue weighted by Crippen LogP contribution is -2.10. The van der Waals surface area contributed by atoms with Crippen LogP contribution in [0.4, 0.5) is 0 Å². The number of hydrogen-bond donors (Lipinski definition) is 0. The van der Waals surface area contributed by atoms with Crippen LogP contribution in [0.2, 0.25) is 0 Å². The van der Waals surface area contributed by atoms with Crippen LogP contribution in [-0.4, -0.2) is 17.2 Å². The molecule has 1 aliphatic rings. The molecule has 0 aliphatic carbocycles. The zero-order valence-corrected chi connectivity index (χ0v) is 8.70. The molecule has 74 valence electrons. The van der Waals surface area contributed by atoms with Crippen LogP contribution < -0.4 is 0 Å². The Morgan fingerprint density at radius 2 is 2.13 bits per heavy atom. The number of pyridine rings is 1. The second-order valence-electron chi connectivity index (χ2n) is 3.88. The van der Waals surface area contributed by atoms with Gasteiger partial charge < -0.3 is 0 Å². The summed E-state index contributed by atoms with van der Waals surface area (Å²) in [4.78, 5) is 8.85. The van der Waals surface area contributed by atoms with E-state index in [0.29, 0.717) is 0 Å². The molecule has 0 unspecified atom stereocenters. The Hall–Kier alpha value is -1.70. The van der Waals surface area contributed by atoms with E-state index in [-0.39, 0.29) is 0 Å². The molecule has 0 spiro atoms. The summed E-state index contributed by atoms with van der Waals surface area (Å²) in [5.74, 6) is 0. The van der Waals surface area contributed by atoms with Crippen molar-refractivity contribution in [1.82, 2.24) is 4.98 Å². The van der Waals surface area contributed by atoms with Gasteiger partial charge in [-0.05, 0) is 36.6 Å². The van der Waals surface area contributed by atoms with Crippen LogP contribution in [0.3, 0.4) is 0 Å². The average molecular weight is 196 g/mol. The molecule has 2 aromatic rings. The van der Waals surface area contributed by atoms with Crippen molar-refractivity contribution in [3.05, 3.63) is 41.6 Å². The molecule has 3 rings (SSSR count). The molecule has 2 heteroatoms. The SMILES string of the molecule is CC1=NCCc2c1ccc1ncccc21. The van der Waals surface area contributed by atoms with Crippen molar-refractivity contribution in [3.63, 3.8) is 0 Å². The van der Waals surface area contributed by atoms with E-state index in [0.717, 1.165) is 24.2 Å².